The highest BCUT2D eigenvalue weighted by Gasteiger charge is 2.24. The van der Waals surface area contributed by atoms with Crippen molar-refractivity contribution in [1.82, 2.24) is 4.98 Å². The SMILES string of the molecule is Nc1ncccc1CC(O)c1cccc(C2CC2)c1. The van der Waals surface area contributed by atoms with Crippen LogP contribution in [0.2, 0.25) is 0 Å². The van der Waals surface area contributed by atoms with Crippen molar-refractivity contribution in [2.45, 2.75) is 31.3 Å². The summed E-state index contributed by atoms with van der Waals surface area (Å²) >= 11 is 0. The van der Waals surface area contributed by atoms with E-state index in [-0.39, 0.29) is 0 Å². The Balaban J connectivity index is 1.78. The molecule has 1 saturated carbocycles. The number of aromatic nitrogens is 1. The van der Waals surface area contributed by atoms with Gasteiger partial charge in [-0.05, 0) is 41.5 Å². The summed E-state index contributed by atoms with van der Waals surface area (Å²) in [5.74, 6) is 1.20. The number of hydrogen-bond acceptors (Lipinski definition) is 3. The van der Waals surface area contributed by atoms with Gasteiger partial charge in [0.1, 0.15) is 5.82 Å². The predicted octanol–water partition coefficient (Wildman–Crippen LogP) is 2.82. The zero-order chi connectivity index (χ0) is 13.2. The van der Waals surface area contributed by atoms with Gasteiger partial charge in [0, 0.05) is 12.6 Å². The smallest absolute Gasteiger partial charge is 0.126 e. The van der Waals surface area contributed by atoms with E-state index in [4.69, 9.17) is 5.73 Å². The van der Waals surface area contributed by atoms with Crippen molar-refractivity contribution < 1.29 is 5.11 Å². The first kappa shape index (κ1) is 12.2. The summed E-state index contributed by atoms with van der Waals surface area (Å²) in [7, 11) is 0. The molecular formula is C16H18N2O. The van der Waals surface area contributed by atoms with Crippen molar-refractivity contribution in [3.05, 3.63) is 59.3 Å². The maximum absolute atomic E-state index is 10.3. The molecule has 0 spiro atoms. The fraction of sp³-hybridized carbons (Fsp3) is 0.312. The average molecular weight is 254 g/mol. The van der Waals surface area contributed by atoms with Crippen LogP contribution in [0.5, 0.6) is 0 Å². The van der Waals surface area contributed by atoms with Crippen LogP contribution in [0.25, 0.3) is 0 Å². The summed E-state index contributed by atoms with van der Waals surface area (Å²) in [4.78, 5) is 4.05. The molecule has 0 saturated heterocycles. The minimum absolute atomic E-state index is 0.500. The van der Waals surface area contributed by atoms with Gasteiger partial charge in [0.2, 0.25) is 0 Å². The van der Waals surface area contributed by atoms with Gasteiger partial charge in [0.25, 0.3) is 0 Å². The van der Waals surface area contributed by atoms with Crippen LogP contribution in [0.1, 0.15) is 41.6 Å². The van der Waals surface area contributed by atoms with Gasteiger partial charge in [-0.1, -0.05) is 30.3 Å². The van der Waals surface area contributed by atoms with E-state index in [0.29, 0.717) is 18.2 Å². The topological polar surface area (TPSA) is 59.1 Å². The zero-order valence-electron chi connectivity index (χ0n) is 10.8. The average Bonchev–Trinajstić information content (AvgIpc) is 3.26. The molecule has 1 heterocycles. The minimum atomic E-state index is -0.523. The van der Waals surface area contributed by atoms with Crippen LogP contribution in [-0.2, 0) is 6.42 Å². The molecule has 2 aromatic rings. The van der Waals surface area contributed by atoms with Crippen LogP contribution < -0.4 is 5.73 Å². The van der Waals surface area contributed by atoms with Crippen molar-refractivity contribution in [2.75, 3.05) is 5.73 Å². The molecule has 98 valence electrons. The van der Waals surface area contributed by atoms with E-state index in [0.717, 1.165) is 11.1 Å². The van der Waals surface area contributed by atoms with E-state index in [1.165, 1.54) is 18.4 Å². The monoisotopic (exact) mass is 254 g/mol. The number of aliphatic hydroxyl groups excluding tert-OH is 1. The third kappa shape index (κ3) is 2.76. The largest absolute Gasteiger partial charge is 0.388 e. The van der Waals surface area contributed by atoms with Gasteiger partial charge in [-0.2, -0.15) is 0 Å². The lowest BCUT2D eigenvalue weighted by atomic mass is 9.99. The number of nitrogens with zero attached hydrogens (tertiary/aromatic N) is 1. The third-order valence-electron chi connectivity index (χ3n) is 3.68. The summed E-state index contributed by atoms with van der Waals surface area (Å²) in [6.07, 6.45) is 4.20. The van der Waals surface area contributed by atoms with E-state index in [2.05, 4.69) is 17.1 Å². The third-order valence-corrected chi connectivity index (χ3v) is 3.68. The van der Waals surface area contributed by atoms with Crippen molar-refractivity contribution in [2.24, 2.45) is 0 Å². The minimum Gasteiger partial charge on any atom is -0.388 e. The molecule has 3 heteroatoms. The Kier molecular flexibility index (Phi) is 3.22. The van der Waals surface area contributed by atoms with Gasteiger partial charge in [0.05, 0.1) is 6.10 Å². The second kappa shape index (κ2) is 5.02. The van der Waals surface area contributed by atoms with Gasteiger partial charge in [-0.15, -0.1) is 0 Å². The predicted molar refractivity (Wildman–Crippen MR) is 75.7 cm³/mol. The lowest BCUT2D eigenvalue weighted by Crippen LogP contribution is -2.05. The molecular weight excluding hydrogens is 236 g/mol. The highest BCUT2D eigenvalue weighted by atomic mass is 16.3. The molecule has 1 aliphatic carbocycles. The van der Waals surface area contributed by atoms with E-state index in [1.807, 2.05) is 24.3 Å². The van der Waals surface area contributed by atoms with Gasteiger partial charge in [-0.3, -0.25) is 0 Å². The number of rotatable bonds is 4. The highest BCUT2D eigenvalue weighted by Crippen LogP contribution is 2.40. The first-order valence-corrected chi connectivity index (χ1v) is 6.71. The highest BCUT2D eigenvalue weighted by molar-refractivity contribution is 5.40. The van der Waals surface area contributed by atoms with Gasteiger partial charge >= 0.3 is 0 Å². The Bertz CT molecular complexity index is 578. The second-order valence-electron chi connectivity index (χ2n) is 5.21. The number of hydrogen-bond donors (Lipinski definition) is 2. The van der Waals surface area contributed by atoms with E-state index >= 15 is 0 Å². The Hall–Kier alpha value is -1.87. The molecule has 1 fully saturated rings. The molecule has 3 nitrogen and oxygen atoms in total. The fourth-order valence-corrected chi connectivity index (χ4v) is 2.39. The summed E-state index contributed by atoms with van der Waals surface area (Å²) in [6, 6.07) is 12.0. The molecule has 0 amide bonds. The van der Waals surface area contributed by atoms with Crippen LogP contribution in [0.4, 0.5) is 5.82 Å². The second-order valence-corrected chi connectivity index (χ2v) is 5.21. The summed E-state index contributed by atoms with van der Waals surface area (Å²) in [6.45, 7) is 0. The number of nitrogens with two attached hydrogens (primary N) is 1. The van der Waals surface area contributed by atoms with Gasteiger partial charge in [-0.25, -0.2) is 4.98 Å². The van der Waals surface area contributed by atoms with Gasteiger partial charge < -0.3 is 10.8 Å². The molecule has 1 unspecified atom stereocenters. The summed E-state index contributed by atoms with van der Waals surface area (Å²) < 4.78 is 0. The molecule has 3 N–H and O–H groups in total. The lowest BCUT2D eigenvalue weighted by Gasteiger charge is -2.13. The Morgan fingerprint density at radius 1 is 1.26 bits per heavy atom. The van der Waals surface area contributed by atoms with Gasteiger partial charge in [0.15, 0.2) is 0 Å². The molecule has 0 bridgehead atoms. The fourth-order valence-electron chi connectivity index (χ4n) is 2.39. The lowest BCUT2D eigenvalue weighted by molar-refractivity contribution is 0.178. The first-order chi connectivity index (χ1) is 9.24. The molecule has 0 aliphatic heterocycles. The Morgan fingerprint density at radius 2 is 2.11 bits per heavy atom. The quantitative estimate of drug-likeness (QED) is 0.882. The molecule has 1 aromatic heterocycles. The standard InChI is InChI=1S/C16H18N2O/c17-16-14(5-2-8-18-16)10-15(19)13-4-1-3-12(9-13)11-6-7-11/h1-5,8-9,11,15,19H,6-7,10H2,(H2,17,18). The Labute approximate surface area is 113 Å². The maximum Gasteiger partial charge on any atom is 0.126 e. The Morgan fingerprint density at radius 3 is 2.84 bits per heavy atom. The molecule has 0 radical (unpaired) electrons. The van der Waals surface area contributed by atoms with Crippen LogP contribution in [0.15, 0.2) is 42.6 Å². The van der Waals surface area contributed by atoms with Crippen molar-refractivity contribution in [3.8, 4) is 0 Å². The number of aliphatic hydroxyl groups is 1. The normalized spacial score (nSPS) is 16.3. The van der Waals surface area contributed by atoms with Crippen molar-refractivity contribution >= 4 is 5.82 Å². The maximum atomic E-state index is 10.3. The molecule has 3 rings (SSSR count). The number of benzene rings is 1. The molecule has 19 heavy (non-hydrogen) atoms. The number of nitrogen functional groups attached to an aromatic ring is 1. The van der Waals surface area contributed by atoms with Crippen LogP contribution >= 0.6 is 0 Å². The zero-order valence-corrected chi connectivity index (χ0v) is 10.8. The molecule has 1 atom stereocenters. The first-order valence-electron chi connectivity index (χ1n) is 6.71. The van der Waals surface area contributed by atoms with E-state index in [9.17, 15) is 5.11 Å². The van der Waals surface area contributed by atoms with E-state index < -0.39 is 6.10 Å². The molecule has 1 aromatic carbocycles. The summed E-state index contributed by atoms with van der Waals surface area (Å²) in [5, 5.41) is 10.3. The van der Waals surface area contributed by atoms with Crippen LogP contribution in [-0.4, -0.2) is 10.1 Å². The molecule has 1 aliphatic rings. The number of anilines is 1. The van der Waals surface area contributed by atoms with Crippen LogP contribution in [0.3, 0.4) is 0 Å². The number of pyridine rings is 1. The summed E-state index contributed by atoms with van der Waals surface area (Å²) in [5.41, 5.74) is 9.02. The van der Waals surface area contributed by atoms with Crippen molar-refractivity contribution in [3.63, 3.8) is 0 Å². The van der Waals surface area contributed by atoms with Crippen LogP contribution in [0, 0.1) is 0 Å². The van der Waals surface area contributed by atoms with Crippen molar-refractivity contribution in [1.29, 1.82) is 0 Å². The van der Waals surface area contributed by atoms with E-state index in [1.54, 1.807) is 6.20 Å².